The molecule has 0 unspecified atom stereocenters. The summed E-state index contributed by atoms with van der Waals surface area (Å²) in [6, 6.07) is 20.5. The van der Waals surface area contributed by atoms with Crippen LogP contribution in [0.3, 0.4) is 0 Å². The van der Waals surface area contributed by atoms with Gasteiger partial charge in [0.15, 0.2) is 0 Å². The lowest BCUT2D eigenvalue weighted by atomic mass is 9.89. The molecule has 0 fully saturated rings. The first-order valence-corrected chi connectivity index (χ1v) is 9.15. The van der Waals surface area contributed by atoms with Crippen molar-refractivity contribution >= 4 is 0 Å². The minimum absolute atomic E-state index is 0.509. The van der Waals surface area contributed by atoms with Crippen LogP contribution in [0, 0.1) is 27.7 Å². The Morgan fingerprint density at radius 3 is 1.36 bits per heavy atom. The molecule has 128 valence electrons. The van der Waals surface area contributed by atoms with E-state index in [1.807, 2.05) is 0 Å². The summed E-state index contributed by atoms with van der Waals surface area (Å²) in [5.74, 6) is 0.509. The van der Waals surface area contributed by atoms with Crippen molar-refractivity contribution in [1.29, 1.82) is 0 Å². The molecular formula is C25H28. The quantitative estimate of drug-likeness (QED) is 0.470. The third kappa shape index (κ3) is 3.69. The summed E-state index contributed by atoms with van der Waals surface area (Å²) < 4.78 is 0. The summed E-state index contributed by atoms with van der Waals surface area (Å²) in [6.45, 7) is 13.3. The van der Waals surface area contributed by atoms with Gasteiger partial charge in [-0.15, -0.1) is 0 Å². The van der Waals surface area contributed by atoms with E-state index in [-0.39, 0.29) is 0 Å². The van der Waals surface area contributed by atoms with Crippen LogP contribution < -0.4 is 0 Å². The maximum Gasteiger partial charge on any atom is -0.0154 e. The van der Waals surface area contributed by atoms with Gasteiger partial charge in [0.05, 0.1) is 0 Å². The molecule has 0 amide bonds. The van der Waals surface area contributed by atoms with Gasteiger partial charge in [-0.05, 0) is 78.6 Å². The molecule has 0 saturated heterocycles. The van der Waals surface area contributed by atoms with Crippen molar-refractivity contribution in [3.05, 3.63) is 82.4 Å². The second-order valence-corrected chi connectivity index (χ2v) is 7.64. The van der Waals surface area contributed by atoms with Gasteiger partial charge in [0.1, 0.15) is 0 Å². The van der Waals surface area contributed by atoms with Crippen molar-refractivity contribution in [1.82, 2.24) is 0 Å². The molecule has 0 aromatic heterocycles. The Hall–Kier alpha value is -2.34. The number of hydrogen-bond donors (Lipinski definition) is 0. The average Bonchev–Trinajstić information content (AvgIpc) is 2.54. The van der Waals surface area contributed by atoms with E-state index in [0.29, 0.717) is 5.92 Å². The first-order chi connectivity index (χ1) is 11.8. The van der Waals surface area contributed by atoms with Crippen molar-refractivity contribution in [3.63, 3.8) is 0 Å². The SMILES string of the molecule is Cc1ccc(-c2cc(-c3ccc(C)cc3C)cc(C(C)C)c2)c(C)c1. The second kappa shape index (κ2) is 6.88. The number of hydrogen-bond acceptors (Lipinski definition) is 0. The molecule has 0 heteroatoms. The topological polar surface area (TPSA) is 0 Å². The Labute approximate surface area is 152 Å². The molecule has 0 nitrogen and oxygen atoms in total. The van der Waals surface area contributed by atoms with Gasteiger partial charge in [-0.2, -0.15) is 0 Å². The van der Waals surface area contributed by atoms with Crippen molar-refractivity contribution in [2.45, 2.75) is 47.5 Å². The molecule has 25 heavy (non-hydrogen) atoms. The highest BCUT2D eigenvalue weighted by Gasteiger charge is 2.11. The van der Waals surface area contributed by atoms with E-state index >= 15 is 0 Å². The van der Waals surface area contributed by atoms with E-state index in [0.717, 1.165) is 0 Å². The highest BCUT2D eigenvalue weighted by molar-refractivity contribution is 5.77. The van der Waals surface area contributed by atoms with Gasteiger partial charge in [-0.3, -0.25) is 0 Å². The average molecular weight is 328 g/mol. The van der Waals surface area contributed by atoms with E-state index < -0.39 is 0 Å². The molecule has 0 bridgehead atoms. The zero-order valence-electron chi connectivity index (χ0n) is 16.3. The summed E-state index contributed by atoms with van der Waals surface area (Å²) >= 11 is 0. The molecule has 0 radical (unpaired) electrons. The monoisotopic (exact) mass is 328 g/mol. The highest BCUT2D eigenvalue weighted by atomic mass is 14.2. The first-order valence-electron chi connectivity index (χ1n) is 9.15. The Morgan fingerprint density at radius 1 is 0.560 bits per heavy atom. The van der Waals surface area contributed by atoms with Crippen molar-refractivity contribution < 1.29 is 0 Å². The van der Waals surface area contributed by atoms with Gasteiger partial charge >= 0.3 is 0 Å². The molecule has 3 aromatic rings. The fourth-order valence-corrected chi connectivity index (χ4v) is 3.57. The van der Waals surface area contributed by atoms with Crippen LogP contribution in [0.5, 0.6) is 0 Å². The van der Waals surface area contributed by atoms with Crippen LogP contribution in [0.2, 0.25) is 0 Å². The molecule has 0 aliphatic carbocycles. The fourth-order valence-electron chi connectivity index (χ4n) is 3.57. The third-order valence-corrected chi connectivity index (χ3v) is 5.01. The van der Waals surface area contributed by atoms with Crippen molar-refractivity contribution in [3.8, 4) is 22.3 Å². The van der Waals surface area contributed by atoms with Crippen molar-refractivity contribution in [2.24, 2.45) is 0 Å². The number of aryl methyl sites for hydroxylation is 4. The van der Waals surface area contributed by atoms with Crippen LogP contribution in [-0.4, -0.2) is 0 Å². The summed E-state index contributed by atoms with van der Waals surface area (Å²) in [7, 11) is 0. The Kier molecular flexibility index (Phi) is 4.81. The molecule has 3 aromatic carbocycles. The highest BCUT2D eigenvalue weighted by Crippen LogP contribution is 2.34. The standard InChI is InChI=1S/C25H28/c1-16(2)21-13-22(24-9-7-17(3)11-19(24)5)15-23(14-21)25-10-8-18(4)12-20(25)6/h7-16H,1-6H3. The van der Waals surface area contributed by atoms with E-state index in [1.165, 1.54) is 50.1 Å². The lowest BCUT2D eigenvalue weighted by Crippen LogP contribution is -1.94. The maximum atomic E-state index is 2.36. The van der Waals surface area contributed by atoms with Gasteiger partial charge in [-0.1, -0.05) is 73.5 Å². The number of benzene rings is 3. The minimum Gasteiger partial charge on any atom is -0.0587 e. The van der Waals surface area contributed by atoms with Crippen LogP contribution in [0.15, 0.2) is 54.6 Å². The predicted molar refractivity (Wildman–Crippen MR) is 110 cm³/mol. The van der Waals surface area contributed by atoms with Crippen LogP contribution in [0.1, 0.15) is 47.6 Å². The van der Waals surface area contributed by atoms with Gasteiger partial charge in [-0.25, -0.2) is 0 Å². The van der Waals surface area contributed by atoms with Gasteiger partial charge < -0.3 is 0 Å². The van der Waals surface area contributed by atoms with E-state index in [4.69, 9.17) is 0 Å². The van der Waals surface area contributed by atoms with Crippen LogP contribution >= 0.6 is 0 Å². The second-order valence-electron chi connectivity index (χ2n) is 7.64. The first kappa shape index (κ1) is 17.5. The minimum atomic E-state index is 0.509. The van der Waals surface area contributed by atoms with Gasteiger partial charge in [0.25, 0.3) is 0 Å². The molecule has 0 aliphatic heterocycles. The molecule has 0 atom stereocenters. The van der Waals surface area contributed by atoms with Crippen LogP contribution in [0.4, 0.5) is 0 Å². The molecule has 0 spiro atoms. The van der Waals surface area contributed by atoms with Crippen molar-refractivity contribution in [2.75, 3.05) is 0 Å². The fraction of sp³-hybridized carbons (Fsp3) is 0.280. The largest absolute Gasteiger partial charge is 0.0587 e. The number of rotatable bonds is 3. The van der Waals surface area contributed by atoms with Crippen LogP contribution in [0.25, 0.3) is 22.3 Å². The smallest absolute Gasteiger partial charge is 0.0154 e. The summed E-state index contributed by atoms with van der Waals surface area (Å²) in [5, 5.41) is 0. The Morgan fingerprint density at radius 2 is 1.00 bits per heavy atom. The molecular weight excluding hydrogens is 300 g/mol. The normalized spacial score (nSPS) is 11.2. The van der Waals surface area contributed by atoms with E-state index in [2.05, 4.69) is 96.1 Å². The maximum absolute atomic E-state index is 2.36. The summed E-state index contributed by atoms with van der Waals surface area (Å²) in [6.07, 6.45) is 0. The molecule has 0 saturated carbocycles. The van der Waals surface area contributed by atoms with E-state index in [9.17, 15) is 0 Å². The summed E-state index contributed by atoms with van der Waals surface area (Å²) in [4.78, 5) is 0. The lowest BCUT2D eigenvalue weighted by Gasteiger charge is -2.16. The van der Waals surface area contributed by atoms with Gasteiger partial charge in [0, 0.05) is 0 Å². The summed E-state index contributed by atoms with van der Waals surface area (Å²) in [5.41, 5.74) is 12.0. The molecule has 0 heterocycles. The van der Waals surface area contributed by atoms with E-state index in [1.54, 1.807) is 0 Å². The third-order valence-electron chi connectivity index (χ3n) is 5.01. The predicted octanol–water partition coefficient (Wildman–Crippen LogP) is 7.38. The molecule has 3 rings (SSSR count). The molecule has 0 N–H and O–H groups in total. The molecule has 0 aliphatic rings. The zero-order valence-corrected chi connectivity index (χ0v) is 16.3. The van der Waals surface area contributed by atoms with Crippen LogP contribution in [-0.2, 0) is 0 Å². The Bertz CT molecular complexity index is 844. The Balaban J connectivity index is 2.22. The van der Waals surface area contributed by atoms with Gasteiger partial charge in [0.2, 0.25) is 0 Å². The zero-order chi connectivity index (χ0) is 18.1. The lowest BCUT2D eigenvalue weighted by molar-refractivity contribution is 0.867.